The molecule has 1 aliphatic rings. The molecule has 134 valence electrons. The number of piperidine rings is 1. The minimum Gasteiger partial charge on any atom is -0.327 e. The van der Waals surface area contributed by atoms with Gasteiger partial charge >= 0.3 is 0 Å². The van der Waals surface area contributed by atoms with Crippen molar-refractivity contribution in [2.24, 2.45) is 11.1 Å². The summed E-state index contributed by atoms with van der Waals surface area (Å²) in [6.45, 7) is 7.47. The summed E-state index contributed by atoms with van der Waals surface area (Å²) in [6.07, 6.45) is 0.829. The van der Waals surface area contributed by atoms with Crippen molar-refractivity contribution in [1.82, 2.24) is 4.90 Å². The van der Waals surface area contributed by atoms with E-state index in [1.165, 1.54) is 6.07 Å². The van der Waals surface area contributed by atoms with E-state index in [1.807, 2.05) is 6.92 Å². The Kier molecular flexibility index (Phi) is 6.71. The molecule has 24 heavy (non-hydrogen) atoms. The smallest absolute Gasteiger partial charge is 0.292 e. The number of nitro benzene ring substituents is 1. The molecule has 1 aromatic carbocycles. The Morgan fingerprint density at radius 1 is 1.46 bits per heavy atom. The van der Waals surface area contributed by atoms with Crippen LogP contribution in [0.15, 0.2) is 24.3 Å². The fraction of sp³-hybridized carbons (Fsp3) is 0.562. The van der Waals surface area contributed by atoms with Crippen molar-refractivity contribution in [1.29, 1.82) is 0 Å². The molecule has 2 rings (SSSR count). The average molecular weight is 357 g/mol. The molecule has 3 N–H and O–H groups in total. The van der Waals surface area contributed by atoms with Crippen LogP contribution in [0, 0.1) is 15.5 Å². The Bertz CT molecular complexity index is 609. The number of nitro groups is 1. The number of carbonyl (C=O) groups excluding carboxylic acids is 1. The van der Waals surface area contributed by atoms with Crippen molar-refractivity contribution in [2.45, 2.75) is 39.3 Å². The minimum absolute atomic E-state index is 0. The summed E-state index contributed by atoms with van der Waals surface area (Å²) in [5.74, 6) is -0.245. The molecule has 0 aromatic heterocycles. The summed E-state index contributed by atoms with van der Waals surface area (Å²) in [7, 11) is 0. The number of nitrogens with two attached hydrogens (primary N) is 1. The molecule has 1 fully saturated rings. The van der Waals surface area contributed by atoms with Crippen LogP contribution in [-0.2, 0) is 4.79 Å². The highest BCUT2D eigenvalue weighted by Gasteiger charge is 2.36. The number of para-hydroxylation sites is 2. The summed E-state index contributed by atoms with van der Waals surface area (Å²) in [5, 5.41) is 13.7. The molecule has 2 unspecified atom stereocenters. The van der Waals surface area contributed by atoms with Gasteiger partial charge in [0, 0.05) is 25.2 Å². The molecule has 0 radical (unpaired) electrons. The van der Waals surface area contributed by atoms with E-state index in [0.29, 0.717) is 0 Å². The number of hydrogen-bond acceptors (Lipinski definition) is 5. The maximum absolute atomic E-state index is 12.5. The van der Waals surface area contributed by atoms with Crippen molar-refractivity contribution < 1.29 is 9.72 Å². The number of carbonyl (C=O) groups is 1. The van der Waals surface area contributed by atoms with Gasteiger partial charge in [0.05, 0.1) is 11.0 Å². The lowest BCUT2D eigenvalue weighted by molar-refractivity contribution is -0.383. The second-order valence-electron chi connectivity index (χ2n) is 6.79. The maximum Gasteiger partial charge on any atom is 0.292 e. The van der Waals surface area contributed by atoms with Crippen molar-refractivity contribution >= 4 is 29.7 Å². The van der Waals surface area contributed by atoms with E-state index in [9.17, 15) is 14.9 Å². The average Bonchev–Trinajstić information content (AvgIpc) is 2.49. The predicted molar refractivity (Wildman–Crippen MR) is 96.4 cm³/mol. The first-order chi connectivity index (χ1) is 10.7. The molecule has 1 heterocycles. The fourth-order valence-electron chi connectivity index (χ4n) is 2.89. The Balaban J connectivity index is 0.00000288. The normalized spacial score (nSPS) is 21.4. The first-order valence-corrected chi connectivity index (χ1v) is 7.76. The topological polar surface area (TPSA) is 101 Å². The third kappa shape index (κ3) is 4.43. The largest absolute Gasteiger partial charge is 0.327 e. The van der Waals surface area contributed by atoms with Gasteiger partial charge < -0.3 is 11.1 Å². The molecule has 0 saturated carbocycles. The number of amides is 1. The van der Waals surface area contributed by atoms with Crippen LogP contribution in [0.1, 0.15) is 27.2 Å². The first-order valence-electron chi connectivity index (χ1n) is 7.76. The van der Waals surface area contributed by atoms with Gasteiger partial charge in [-0.3, -0.25) is 19.8 Å². The summed E-state index contributed by atoms with van der Waals surface area (Å²) >= 11 is 0. The van der Waals surface area contributed by atoms with Crippen LogP contribution in [0.5, 0.6) is 0 Å². The van der Waals surface area contributed by atoms with E-state index in [0.717, 1.165) is 19.5 Å². The molecule has 7 nitrogen and oxygen atoms in total. The molecule has 1 saturated heterocycles. The molecule has 1 aromatic rings. The monoisotopic (exact) mass is 356 g/mol. The molecular weight excluding hydrogens is 332 g/mol. The molecule has 2 atom stereocenters. The van der Waals surface area contributed by atoms with Gasteiger partial charge in [-0.05, 0) is 24.8 Å². The summed E-state index contributed by atoms with van der Waals surface area (Å²) in [5.41, 5.74) is 6.18. The quantitative estimate of drug-likeness (QED) is 0.637. The molecule has 0 aliphatic carbocycles. The van der Waals surface area contributed by atoms with Crippen molar-refractivity contribution in [3.05, 3.63) is 34.4 Å². The Labute approximate surface area is 148 Å². The molecule has 8 heteroatoms. The number of rotatable bonds is 4. The highest BCUT2D eigenvalue weighted by Crippen LogP contribution is 2.29. The summed E-state index contributed by atoms with van der Waals surface area (Å²) in [4.78, 5) is 25.1. The number of nitrogens with zero attached hydrogens (tertiary/aromatic N) is 2. The zero-order chi connectivity index (χ0) is 17.2. The highest BCUT2D eigenvalue weighted by molar-refractivity contribution is 5.96. The molecule has 0 spiro atoms. The van der Waals surface area contributed by atoms with Crippen LogP contribution in [-0.4, -0.2) is 40.9 Å². The Morgan fingerprint density at radius 2 is 2.08 bits per heavy atom. The second-order valence-corrected chi connectivity index (χ2v) is 6.79. The minimum atomic E-state index is -0.497. The number of halogens is 1. The van der Waals surface area contributed by atoms with E-state index < -0.39 is 4.92 Å². The van der Waals surface area contributed by atoms with Crippen LogP contribution < -0.4 is 11.1 Å². The Morgan fingerprint density at radius 3 is 2.67 bits per heavy atom. The van der Waals surface area contributed by atoms with Gasteiger partial charge in [-0.1, -0.05) is 26.0 Å². The summed E-state index contributed by atoms with van der Waals surface area (Å²) in [6, 6.07) is 5.90. The molecule has 1 aliphatic heterocycles. The number of hydrogen-bond donors (Lipinski definition) is 2. The third-order valence-corrected chi connectivity index (χ3v) is 4.63. The number of likely N-dealkylation sites (tertiary alicyclic amines) is 1. The first kappa shape index (κ1) is 20.3. The zero-order valence-corrected chi connectivity index (χ0v) is 15.0. The molecule has 0 bridgehead atoms. The summed E-state index contributed by atoms with van der Waals surface area (Å²) < 4.78 is 0. The number of anilines is 1. The van der Waals surface area contributed by atoms with Gasteiger partial charge in [0.25, 0.3) is 5.69 Å². The van der Waals surface area contributed by atoms with E-state index in [-0.39, 0.29) is 47.2 Å². The van der Waals surface area contributed by atoms with E-state index in [2.05, 4.69) is 24.1 Å². The number of nitrogens with one attached hydrogen (secondary N) is 1. The molecular formula is C16H25ClN4O3. The second kappa shape index (κ2) is 7.92. The van der Waals surface area contributed by atoms with Crippen LogP contribution in [0.25, 0.3) is 0 Å². The lowest BCUT2D eigenvalue weighted by Crippen LogP contribution is -2.56. The predicted octanol–water partition coefficient (Wildman–Crippen LogP) is 2.40. The van der Waals surface area contributed by atoms with Gasteiger partial charge in [0.2, 0.25) is 5.91 Å². The van der Waals surface area contributed by atoms with Gasteiger partial charge in [-0.15, -0.1) is 12.4 Å². The van der Waals surface area contributed by atoms with E-state index in [4.69, 9.17) is 5.73 Å². The lowest BCUT2D eigenvalue weighted by Gasteiger charge is -2.44. The van der Waals surface area contributed by atoms with Gasteiger partial charge in [-0.25, -0.2) is 0 Å². The number of benzene rings is 1. The maximum atomic E-state index is 12.5. The van der Waals surface area contributed by atoms with E-state index in [1.54, 1.807) is 18.2 Å². The third-order valence-electron chi connectivity index (χ3n) is 4.63. The van der Waals surface area contributed by atoms with Crippen LogP contribution >= 0.6 is 12.4 Å². The van der Waals surface area contributed by atoms with Crippen LogP contribution in [0.3, 0.4) is 0 Å². The fourth-order valence-corrected chi connectivity index (χ4v) is 2.89. The highest BCUT2D eigenvalue weighted by atomic mass is 35.5. The van der Waals surface area contributed by atoms with Crippen LogP contribution in [0.2, 0.25) is 0 Å². The van der Waals surface area contributed by atoms with Gasteiger partial charge in [0.15, 0.2) is 0 Å². The van der Waals surface area contributed by atoms with Crippen LogP contribution in [0.4, 0.5) is 11.4 Å². The Hall–Kier alpha value is -1.70. The molecule has 1 amide bonds. The van der Waals surface area contributed by atoms with Gasteiger partial charge in [-0.2, -0.15) is 0 Å². The van der Waals surface area contributed by atoms with Crippen molar-refractivity contribution in [3.63, 3.8) is 0 Å². The van der Waals surface area contributed by atoms with Crippen molar-refractivity contribution in [3.8, 4) is 0 Å². The SMILES string of the molecule is CC(C(=O)Nc1ccccc1[N+](=O)[O-])N1CCC(N)C(C)(C)C1.Cl. The lowest BCUT2D eigenvalue weighted by atomic mass is 9.79. The van der Waals surface area contributed by atoms with E-state index >= 15 is 0 Å². The zero-order valence-electron chi connectivity index (χ0n) is 14.2. The van der Waals surface area contributed by atoms with Gasteiger partial charge in [0.1, 0.15) is 5.69 Å². The van der Waals surface area contributed by atoms with Crippen molar-refractivity contribution in [2.75, 3.05) is 18.4 Å². The standard InChI is InChI=1S/C16H24N4O3.ClH/c1-11(19-9-8-14(17)16(2,3)10-19)15(21)18-12-6-4-5-7-13(12)20(22)23;/h4-7,11,14H,8-10,17H2,1-3H3,(H,18,21);1H.